The van der Waals surface area contributed by atoms with Gasteiger partial charge in [0, 0.05) is 15.1 Å². The minimum absolute atomic E-state index is 1.01. The van der Waals surface area contributed by atoms with Crippen molar-refractivity contribution in [2.24, 2.45) is 0 Å². The van der Waals surface area contributed by atoms with Crippen LogP contribution in [0.4, 0.5) is 0 Å². The number of halogens is 1. The van der Waals surface area contributed by atoms with E-state index < -0.39 is 0 Å². The van der Waals surface area contributed by atoms with Gasteiger partial charge in [-0.15, -0.1) is 11.3 Å². The summed E-state index contributed by atoms with van der Waals surface area (Å²) in [7, 11) is 0. The number of aryl methyl sites for hydroxylation is 2. The third-order valence-electron chi connectivity index (χ3n) is 3.60. The van der Waals surface area contributed by atoms with Crippen molar-refractivity contribution in [3.05, 3.63) is 38.7 Å². The van der Waals surface area contributed by atoms with Crippen LogP contribution in [0.15, 0.2) is 22.7 Å². The van der Waals surface area contributed by atoms with Gasteiger partial charge in [-0.3, -0.25) is 0 Å². The Labute approximate surface area is 134 Å². The van der Waals surface area contributed by atoms with Crippen molar-refractivity contribution in [3.8, 4) is 10.7 Å². The van der Waals surface area contributed by atoms with Gasteiger partial charge >= 0.3 is 0 Å². The molecule has 0 bridgehead atoms. The van der Waals surface area contributed by atoms with Crippen molar-refractivity contribution in [1.29, 1.82) is 0 Å². The fraction of sp³-hybridized carbons (Fsp3) is 0.267. The molecule has 0 atom stereocenters. The summed E-state index contributed by atoms with van der Waals surface area (Å²) in [6, 6.07) is 6.53. The Kier molecular flexibility index (Phi) is 3.16. The number of thioether (sulfide) groups is 1. The van der Waals surface area contributed by atoms with E-state index in [2.05, 4.69) is 46.0 Å². The number of thiophene rings is 1. The third-order valence-corrected chi connectivity index (χ3v) is 6.31. The number of imidazole rings is 1. The minimum atomic E-state index is 1.01. The molecule has 20 heavy (non-hydrogen) atoms. The summed E-state index contributed by atoms with van der Waals surface area (Å²) >= 11 is 7.47. The van der Waals surface area contributed by atoms with Crippen molar-refractivity contribution < 1.29 is 0 Å². The van der Waals surface area contributed by atoms with Gasteiger partial charge in [0.1, 0.15) is 5.82 Å². The van der Waals surface area contributed by atoms with E-state index in [0.717, 1.165) is 27.1 Å². The molecule has 0 fully saturated rings. The van der Waals surface area contributed by atoms with Gasteiger partial charge in [0.15, 0.2) is 0 Å². The summed E-state index contributed by atoms with van der Waals surface area (Å²) in [5.74, 6) is 3.40. The summed E-state index contributed by atoms with van der Waals surface area (Å²) in [6.07, 6.45) is 1.20. The first-order valence-corrected chi connectivity index (χ1v) is 9.33. The summed E-state index contributed by atoms with van der Waals surface area (Å²) in [6.45, 7) is 2.10. The zero-order chi connectivity index (χ0) is 13.7. The van der Waals surface area contributed by atoms with Gasteiger partial charge < -0.3 is 4.98 Å². The van der Waals surface area contributed by atoms with Crippen LogP contribution in [-0.4, -0.2) is 15.7 Å². The molecule has 0 unspecified atom stereocenters. The molecule has 4 rings (SSSR count). The Morgan fingerprint density at radius 3 is 3.05 bits per heavy atom. The largest absolute Gasteiger partial charge is 0.337 e. The molecule has 0 amide bonds. The van der Waals surface area contributed by atoms with Gasteiger partial charge in [-0.2, -0.15) is 11.8 Å². The second-order valence-electron chi connectivity index (χ2n) is 5.07. The maximum atomic E-state index is 4.79. The van der Waals surface area contributed by atoms with E-state index >= 15 is 0 Å². The van der Waals surface area contributed by atoms with Gasteiger partial charge in [0.2, 0.25) is 0 Å². The molecule has 5 heteroatoms. The standard InChI is InChI=1S/C15H13BrN2S2/c1-8-4-10(16)6-11-14(8)18-15(17-11)13-5-9-7-19-3-2-12(9)20-13/h4-6H,2-3,7H2,1H3,(H,17,18). The van der Waals surface area contributed by atoms with Crippen molar-refractivity contribution in [2.75, 3.05) is 5.75 Å². The van der Waals surface area contributed by atoms with Crippen molar-refractivity contribution in [1.82, 2.24) is 9.97 Å². The lowest BCUT2D eigenvalue weighted by Gasteiger charge is -2.08. The average molecular weight is 365 g/mol. The van der Waals surface area contributed by atoms with E-state index in [1.165, 1.54) is 33.1 Å². The fourth-order valence-corrected chi connectivity index (χ4v) is 5.52. The van der Waals surface area contributed by atoms with E-state index in [1.807, 2.05) is 23.1 Å². The molecule has 3 heterocycles. The van der Waals surface area contributed by atoms with E-state index in [0.29, 0.717) is 0 Å². The Morgan fingerprint density at radius 1 is 1.30 bits per heavy atom. The van der Waals surface area contributed by atoms with Crippen LogP contribution >= 0.6 is 39.0 Å². The Morgan fingerprint density at radius 2 is 2.20 bits per heavy atom. The predicted molar refractivity (Wildman–Crippen MR) is 91.7 cm³/mol. The molecule has 102 valence electrons. The number of hydrogen-bond acceptors (Lipinski definition) is 3. The second-order valence-corrected chi connectivity index (χ2v) is 8.22. The van der Waals surface area contributed by atoms with Gasteiger partial charge in [0.05, 0.1) is 15.9 Å². The number of nitrogens with zero attached hydrogens (tertiary/aromatic N) is 1. The summed E-state index contributed by atoms with van der Waals surface area (Å²) in [5.41, 5.74) is 4.88. The molecule has 1 aliphatic rings. The Balaban J connectivity index is 1.85. The molecular weight excluding hydrogens is 352 g/mol. The number of fused-ring (bicyclic) bond motifs is 2. The van der Waals surface area contributed by atoms with Crippen LogP contribution in [0.3, 0.4) is 0 Å². The normalized spacial score (nSPS) is 14.7. The van der Waals surface area contributed by atoms with Crippen LogP contribution in [-0.2, 0) is 12.2 Å². The van der Waals surface area contributed by atoms with Crippen LogP contribution in [0.1, 0.15) is 16.0 Å². The third kappa shape index (κ3) is 2.12. The molecule has 2 nitrogen and oxygen atoms in total. The highest BCUT2D eigenvalue weighted by Crippen LogP contribution is 2.37. The molecule has 2 aromatic heterocycles. The zero-order valence-electron chi connectivity index (χ0n) is 11.0. The molecule has 3 aromatic rings. The van der Waals surface area contributed by atoms with E-state index in [4.69, 9.17) is 4.98 Å². The number of rotatable bonds is 1. The number of aromatic nitrogens is 2. The minimum Gasteiger partial charge on any atom is -0.337 e. The highest BCUT2D eigenvalue weighted by atomic mass is 79.9. The quantitative estimate of drug-likeness (QED) is 0.646. The summed E-state index contributed by atoms with van der Waals surface area (Å²) < 4.78 is 1.10. The van der Waals surface area contributed by atoms with E-state index in [-0.39, 0.29) is 0 Å². The first kappa shape index (κ1) is 12.9. The topological polar surface area (TPSA) is 28.7 Å². The molecular formula is C15H13BrN2S2. The molecule has 1 N–H and O–H groups in total. The maximum Gasteiger partial charge on any atom is 0.148 e. The molecule has 0 spiro atoms. The smallest absolute Gasteiger partial charge is 0.148 e. The lowest BCUT2D eigenvalue weighted by molar-refractivity contribution is 1.13. The van der Waals surface area contributed by atoms with Crippen LogP contribution in [0.25, 0.3) is 21.7 Å². The van der Waals surface area contributed by atoms with Crippen molar-refractivity contribution in [3.63, 3.8) is 0 Å². The first-order chi connectivity index (χ1) is 9.70. The number of H-pyrrole nitrogens is 1. The molecule has 1 aromatic carbocycles. The molecule has 0 saturated carbocycles. The van der Waals surface area contributed by atoms with Gasteiger partial charge in [0.25, 0.3) is 0 Å². The van der Waals surface area contributed by atoms with Crippen LogP contribution in [0.5, 0.6) is 0 Å². The maximum absolute atomic E-state index is 4.79. The monoisotopic (exact) mass is 364 g/mol. The average Bonchev–Trinajstić information content (AvgIpc) is 3.01. The van der Waals surface area contributed by atoms with Crippen molar-refractivity contribution in [2.45, 2.75) is 19.1 Å². The van der Waals surface area contributed by atoms with Crippen LogP contribution < -0.4 is 0 Å². The summed E-state index contributed by atoms with van der Waals surface area (Å²) in [5, 5.41) is 0. The van der Waals surface area contributed by atoms with Crippen LogP contribution in [0.2, 0.25) is 0 Å². The van der Waals surface area contributed by atoms with E-state index in [9.17, 15) is 0 Å². The molecule has 0 aliphatic carbocycles. The number of aromatic amines is 1. The lowest BCUT2D eigenvalue weighted by Crippen LogP contribution is -1.96. The SMILES string of the molecule is Cc1cc(Br)cc2[nH]c(-c3cc4c(s3)CCSC4)nc12. The fourth-order valence-electron chi connectivity index (χ4n) is 2.63. The molecule has 0 radical (unpaired) electrons. The second kappa shape index (κ2) is 4.90. The summed E-state index contributed by atoms with van der Waals surface area (Å²) in [4.78, 5) is 11.1. The number of hydrogen-bond donors (Lipinski definition) is 1. The van der Waals surface area contributed by atoms with Crippen molar-refractivity contribution >= 4 is 50.1 Å². The van der Waals surface area contributed by atoms with E-state index in [1.54, 1.807) is 0 Å². The van der Waals surface area contributed by atoms with Crippen LogP contribution in [0, 0.1) is 6.92 Å². The predicted octanol–water partition coefficient (Wildman–Crippen LogP) is 5.15. The van der Waals surface area contributed by atoms with Gasteiger partial charge in [-0.25, -0.2) is 4.98 Å². The Bertz CT molecular complexity index is 780. The lowest BCUT2D eigenvalue weighted by atomic mass is 10.2. The first-order valence-electron chi connectivity index (χ1n) is 6.56. The Hall–Kier alpha value is -0.780. The van der Waals surface area contributed by atoms with Gasteiger partial charge in [-0.1, -0.05) is 15.9 Å². The highest BCUT2D eigenvalue weighted by Gasteiger charge is 2.16. The molecule has 1 aliphatic heterocycles. The zero-order valence-corrected chi connectivity index (χ0v) is 14.2. The van der Waals surface area contributed by atoms with Gasteiger partial charge in [-0.05, 0) is 48.4 Å². The molecule has 0 saturated heterocycles. The highest BCUT2D eigenvalue weighted by molar-refractivity contribution is 9.10. The number of benzene rings is 1. The number of nitrogens with one attached hydrogen (secondary N) is 1.